The molecule has 0 aromatic heterocycles. The van der Waals surface area contributed by atoms with Crippen molar-refractivity contribution >= 4 is 23.5 Å². The van der Waals surface area contributed by atoms with E-state index in [-0.39, 0.29) is 5.91 Å². The van der Waals surface area contributed by atoms with Crippen molar-refractivity contribution in [2.24, 2.45) is 0 Å². The maximum atomic E-state index is 12.2. The van der Waals surface area contributed by atoms with Crippen molar-refractivity contribution in [1.82, 2.24) is 4.90 Å². The summed E-state index contributed by atoms with van der Waals surface area (Å²) in [6.07, 6.45) is 5.98. The highest BCUT2D eigenvalue weighted by Gasteiger charge is 2.20. The van der Waals surface area contributed by atoms with E-state index in [0.29, 0.717) is 57.6 Å². The normalized spacial score (nSPS) is 18.6. The van der Waals surface area contributed by atoms with Gasteiger partial charge < -0.3 is 14.7 Å². The summed E-state index contributed by atoms with van der Waals surface area (Å²) in [5, 5.41) is 9.67. The van der Waals surface area contributed by atoms with Crippen LogP contribution in [0.2, 0.25) is 0 Å². The number of nitrogens with zero attached hydrogens (tertiary/aromatic N) is 1. The van der Waals surface area contributed by atoms with Crippen LogP contribution in [-0.2, 0) is 14.3 Å². The van der Waals surface area contributed by atoms with Crippen LogP contribution in [0.15, 0.2) is 35.9 Å². The molecule has 1 fully saturated rings. The molecular formula is C20H23NO4. The third kappa shape index (κ3) is 4.17. The van der Waals surface area contributed by atoms with Crippen molar-refractivity contribution in [2.75, 3.05) is 26.3 Å². The number of amides is 1. The Morgan fingerprint density at radius 3 is 2.64 bits per heavy atom. The summed E-state index contributed by atoms with van der Waals surface area (Å²) in [6, 6.07) is 7.84. The van der Waals surface area contributed by atoms with Gasteiger partial charge in [0, 0.05) is 25.1 Å². The molecule has 25 heavy (non-hydrogen) atoms. The average molecular weight is 341 g/mol. The summed E-state index contributed by atoms with van der Waals surface area (Å²) in [4.78, 5) is 25.8. The second kappa shape index (κ2) is 8.12. The molecule has 0 saturated carbocycles. The van der Waals surface area contributed by atoms with E-state index in [9.17, 15) is 14.7 Å². The van der Waals surface area contributed by atoms with Crippen LogP contribution < -0.4 is 0 Å². The van der Waals surface area contributed by atoms with Gasteiger partial charge in [-0.15, -0.1) is 0 Å². The monoisotopic (exact) mass is 341 g/mol. The zero-order valence-electron chi connectivity index (χ0n) is 14.2. The number of carbonyl (C=O) groups excluding carboxylic acids is 1. The van der Waals surface area contributed by atoms with Gasteiger partial charge in [0.05, 0.1) is 13.2 Å². The van der Waals surface area contributed by atoms with Gasteiger partial charge >= 0.3 is 5.97 Å². The van der Waals surface area contributed by atoms with E-state index < -0.39 is 5.97 Å². The molecule has 0 radical (unpaired) electrons. The number of aliphatic carboxylic acids is 1. The molecule has 1 amide bonds. The summed E-state index contributed by atoms with van der Waals surface area (Å²) >= 11 is 0. The van der Waals surface area contributed by atoms with Crippen LogP contribution in [-0.4, -0.2) is 48.2 Å². The van der Waals surface area contributed by atoms with Gasteiger partial charge in [-0.05, 0) is 36.0 Å². The first-order valence-electron chi connectivity index (χ1n) is 8.73. The van der Waals surface area contributed by atoms with Crippen LogP contribution >= 0.6 is 0 Å². The summed E-state index contributed by atoms with van der Waals surface area (Å²) in [6.45, 7) is 2.42. The van der Waals surface area contributed by atoms with Gasteiger partial charge in [-0.1, -0.05) is 36.4 Å². The molecule has 1 saturated heterocycles. The molecular weight excluding hydrogens is 318 g/mol. The van der Waals surface area contributed by atoms with E-state index in [0.717, 1.165) is 16.7 Å². The Hall–Kier alpha value is -2.40. The van der Waals surface area contributed by atoms with Crippen LogP contribution in [0.4, 0.5) is 0 Å². The minimum atomic E-state index is -0.890. The SMILES string of the molecule is O=C(O)/C(CCCC(=O)N1CCOCC1)=C1\CC=Cc2ccccc21. The first-order valence-corrected chi connectivity index (χ1v) is 8.73. The van der Waals surface area contributed by atoms with Crippen molar-refractivity contribution in [2.45, 2.75) is 25.7 Å². The van der Waals surface area contributed by atoms with Crippen LogP contribution in [0.25, 0.3) is 11.6 Å². The first kappa shape index (κ1) is 17.4. The van der Waals surface area contributed by atoms with Gasteiger partial charge in [0.15, 0.2) is 0 Å². The van der Waals surface area contributed by atoms with Gasteiger partial charge in [-0.25, -0.2) is 4.79 Å². The fraction of sp³-hybridized carbons (Fsp3) is 0.400. The molecule has 0 atom stereocenters. The van der Waals surface area contributed by atoms with Crippen molar-refractivity contribution in [3.63, 3.8) is 0 Å². The molecule has 0 unspecified atom stereocenters. The smallest absolute Gasteiger partial charge is 0.331 e. The Kier molecular flexibility index (Phi) is 5.66. The maximum Gasteiger partial charge on any atom is 0.331 e. The van der Waals surface area contributed by atoms with E-state index in [2.05, 4.69) is 0 Å². The number of carboxylic acids is 1. The van der Waals surface area contributed by atoms with Gasteiger partial charge in [-0.3, -0.25) is 4.79 Å². The van der Waals surface area contributed by atoms with Crippen LogP contribution in [0.3, 0.4) is 0 Å². The lowest BCUT2D eigenvalue weighted by Crippen LogP contribution is -2.40. The van der Waals surface area contributed by atoms with Gasteiger partial charge in [0.25, 0.3) is 0 Å². The van der Waals surface area contributed by atoms with Crippen molar-refractivity contribution in [3.8, 4) is 0 Å². The van der Waals surface area contributed by atoms with Crippen molar-refractivity contribution < 1.29 is 19.4 Å². The second-order valence-electron chi connectivity index (χ2n) is 6.30. The van der Waals surface area contributed by atoms with E-state index in [1.54, 1.807) is 4.90 Å². The number of hydrogen-bond acceptors (Lipinski definition) is 3. The average Bonchev–Trinajstić information content (AvgIpc) is 2.65. The number of hydrogen-bond donors (Lipinski definition) is 1. The van der Waals surface area contributed by atoms with E-state index in [4.69, 9.17) is 4.74 Å². The molecule has 1 heterocycles. The van der Waals surface area contributed by atoms with Gasteiger partial charge in [0.1, 0.15) is 0 Å². The van der Waals surface area contributed by atoms with Crippen LogP contribution in [0.5, 0.6) is 0 Å². The predicted molar refractivity (Wildman–Crippen MR) is 95.9 cm³/mol. The molecule has 1 N–H and O–H groups in total. The number of fused-ring (bicyclic) bond motifs is 1. The molecule has 0 bridgehead atoms. The first-order chi connectivity index (χ1) is 12.2. The second-order valence-corrected chi connectivity index (χ2v) is 6.30. The number of benzene rings is 1. The molecule has 1 aliphatic carbocycles. The predicted octanol–water partition coefficient (Wildman–Crippen LogP) is 2.97. The largest absolute Gasteiger partial charge is 0.478 e. The molecule has 1 aromatic carbocycles. The number of carboxylic acid groups (broad SMARTS) is 1. The highest BCUT2D eigenvalue weighted by molar-refractivity contribution is 5.98. The summed E-state index contributed by atoms with van der Waals surface area (Å²) < 4.78 is 5.25. The number of allylic oxidation sites excluding steroid dienone is 2. The van der Waals surface area contributed by atoms with Crippen molar-refractivity contribution in [3.05, 3.63) is 47.0 Å². The third-order valence-corrected chi connectivity index (χ3v) is 4.71. The minimum Gasteiger partial charge on any atom is -0.478 e. The Balaban J connectivity index is 1.69. The molecule has 1 aromatic rings. The fourth-order valence-electron chi connectivity index (χ4n) is 3.39. The standard InChI is InChI=1S/C20H23NO4/c22-19(21-11-13-25-14-12-21)10-4-9-18(20(23)24)17-8-3-6-15-5-1-2-7-16(15)17/h1-3,5-7H,4,8-14H2,(H,23,24)/b18-17+. The maximum absolute atomic E-state index is 12.2. The molecule has 132 valence electrons. The van der Waals surface area contributed by atoms with Crippen molar-refractivity contribution in [1.29, 1.82) is 0 Å². The molecule has 5 heteroatoms. The molecule has 3 rings (SSSR count). The Morgan fingerprint density at radius 2 is 1.88 bits per heavy atom. The lowest BCUT2D eigenvalue weighted by Gasteiger charge is -2.27. The van der Waals surface area contributed by atoms with Crippen LogP contribution in [0.1, 0.15) is 36.8 Å². The molecule has 0 spiro atoms. The van der Waals surface area contributed by atoms with Gasteiger partial charge in [0.2, 0.25) is 5.91 Å². The lowest BCUT2D eigenvalue weighted by molar-refractivity contribution is -0.136. The quantitative estimate of drug-likeness (QED) is 0.836. The molecule has 5 nitrogen and oxygen atoms in total. The topological polar surface area (TPSA) is 66.8 Å². The van der Waals surface area contributed by atoms with Crippen LogP contribution in [0, 0.1) is 0 Å². The molecule has 2 aliphatic rings. The van der Waals surface area contributed by atoms with Gasteiger partial charge in [-0.2, -0.15) is 0 Å². The number of carbonyl (C=O) groups is 2. The Morgan fingerprint density at radius 1 is 1.12 bits per heavy atom. The zero-order chi connectivity index (χ0) is 17.6. The van der Waals surface area contributed by atoms with E-state index in [1.165, 1.54) is 0 Å². The highest BCUT2D eigenvalue weighted by atomic mass is 16.5. The fourth-order valence-corrected chi connectivity index (χ4v) is 3.39. The third-order valence-electron chi connectivity index (χ3n) is 4.71. The zero-order valence-corrected chi connectivity index (χ0v) is 14.2. The van der Waals surface area contributed by atoms with E-state index >= 15 is 0 Å². The lowest BCUT2D eigenvalue weighted by atomic mass is 9.87. The number of rotatable bonds is 5. The minimum absolute atomic E-state index is 0.0852. The summed E-state index contributed by atoms with van der Waals surface area (Å²) in [5.41, 5.74) is 3.32. The Bertz CT molecular complexity index is 714. The molecule has 1 aliphatic heterocycles. The highest BCUT2D eigenvalue weighted by Crippen LogP contribution is 2.33. The summed E-state index contributed by atoms with van der Waals surface area (Å²) in [7, 11) is 0. The Labute approximate surface area is 147 Å². The van der Waals surface area contributed by atoms with E-state index in [1.807, 2.05) is 36.4 Å². The number of morpholine rings is 1. The number of ether oxygens (including phenoxy) is 1. The summed E-state index contributed by atoms with van der Waals surface area (Å²) in [5.74, 6) is -0.805.